The Morgan fingerprint density at radius 3 is 2.10 bits per heavy atom. The maximum absolute atomic E-state index is 12.7. The van der Waals surface area contributed by atoms with Crippen LogP contribution in [0.2, 0.25) is 0 Å². The highest BCUT2D eigenvalue weighted by atomic mass is 19.4. The molecular weight excluding hydrogens is 415 g/mol. The summed E-state index contributed by atoms with van der Waals surface area (Å²) in [6.07, 6.45) is -5.17. The van der Waals surface area contributed by atoms with Crippen molar-refractivity contribution in [3.05, 3.63) is 36.4 Å². The van der Waals surface area contributed by atoms with Gasteiger partial charge in [0.2, 0.25) is 0 Å². The van der Waals surface area contributed by atoms with Gasteiger partial charge in [0.25, 0.3) is 0 Å². The Morgan fingerprint density at radius 1 is 0.967 bits per heavy atom. The SMILES string of the molecule is CCC(C)C(=O)Oc1ccc2cc(OCC(=O)OCC(F)(F)C(F)(F)F)ccc2c1. The van der Waals surface area contributed by atoms with Crippen molar-refractivity contribution in [1.82, 2.24) is 0 Å². The van der Waals surface area contributed by atoms with Gasteiger partial charge in [-0.3, -0.25) is 4.79 Å². The highest BCUT2D eigenvalue weighted by Crippen LogP contribution is 2.35. The van der Waals surface area contributed by atoms with Crippen LogP contribution in [0, 0.1) is 5.92 Å². The van der Waals surface area contributed by atoms with Gasteiger partial charge < -0.3 is 14.2 Å². The summed E-state index contributed by atoms with van der Waals surface area (Å²) in [6.45, 7) is 0.659. The lowest BCUT2D eigenvalue weighted by atomic mass is 10.1. The first-order valence-corrected chi connectivity index (χ1v) is 8.91. The first kappa shape index (κ1) is 23.4. The molecule has 2 aromatic rings. The van der Waals surface area contributed by atoms with Gasteiger partial charge in [0.05, 0.1) is 5.92 Å². The third-order valence-electron chi connectivity index (χ3n) is 4.20. The van der Waals surface area contributed by atoms with Crippen molar-refractivity contribution in [2.75, 3.05) is 13.2 Å². The summed E-state index contributed by atoms with van der Waals surface area (Å²) in [4.78, 5) is 23.2. The first-order valence-electron chi connectivity index (χ1n) is 8.91. The largest absolute Gasteiger partial charge is 0.482 e. The van der Waals surface area contributed by atoms with E-state index in [1.54, 1.807) is 31.2 Å². The number of fused-ring (bicyclic) bond motifs is 1. The molecule has 0 heterocycles. The summed E-state index contributed by atoms with van der Waals surface area (Å²) in [5.41, 5.74) is 0. The van der Waals surface area contributed by atoms with Crippen molar-refractivity contribution >= 4 is 22.7 Å². The summed E-state index contributed by atoms with van der Waals surface area (Å²) in [5, 5.41) is 1.36. The van der Waals surface area contributed by atoms with Crippen molar-refractivity contribution in [3.8, 4) is 11.5 Å². The molecule has 1 atom stereocenters. The van der Waals surface area contributed by atoms with Gasteiger partial charge >= 0.3 is 24.0 Å². The normalized spacial score (nSPS) is 13.0. The van der Waals surface area contributed by atoms with E-state index in [2.05, 4.69) is 4.74 Å². The maximum atomic E-state index is 12.7. The Balaban J connectivity index is 1.95. The first-order chi connectivity index (χ1) is 13.9. The van der Waals surface area contributed by atoms with Gasteiger partial charge in [-0.05, 0) is 41.5 Å². The van der Waals surface area contributed by atoms with Crippen LogP contribution in [0.4, 0.5) is 22.0 Å². The number of rotatable bonds is 8. The standard InChI is InChI=1S/C20H19F5O5/c1-3-12(2)18(27)30-16-7-5-13-8-15(6-4-14(13)9-16)28-10-17(26)29-11-19(21,22)20(23,24)25/h4-9,12H,3,10-11H2,1-2H3. The van der Waals surface area contributed by atoms with Crippen LogP contribution in [-0.2, 0) is 14.3 Å². The predicted molar refractivity (Wildman–Crippen MR) is 96.5 cm³/mol. The Bertz CT molecular complexity index is 910. The van der Waals surface area contributed by atoms with Crippen molar-refractivity contribution < 1.29 is 45.8 Å². The summed E-state index contributed by atoms with van der Waals surface area (Å²) in [6, 6.07) is 9.43. The molecule has 0 aliphatic carbocycles. The van der Waals surface area contributed by atoms with Crippen LogP contribution in [-0.4, -0.2) is 37.3 Å². The third-order valence-corrected chi connectivity index (χ3v) is 4.20. The van der Waals surface area contributed by atoms with Crippen LogP contribution in [0.15, 0.2) is 36.4 Å². The molecule has 2 rings (SSSR count). The molecule has 5 nitrogen and oxygen atoms in total. The lowest BCUT2D eigenvalue weighted by molar-refractivity contribution is -0.294. The maximum Gasteiger partial charge on any atom is 0.456 e. The average molecular weight is 434 g/mol. The van der Waals surface area contributed by atoms with Crippen molar-refractivity contribution in [1.29, 1.82) is 0 Å². The molecule has 2 aromatic carbocycles. The molecular formula is C20H19F5O5. The third kappa shape index (κ3) is 6.04. The van der Waals surface area contributed by atoms with E-state index in [0.717, 1.165) is 0 Å². The van der Waals surface area contributed by atoms with Crippen LogP contribution < -0.4 is 9.47 Å². The lowest BCUT2D eigenvalue weighted by Crippen LogP contribution is -2.41. The number of alkyl halides is 5. The molecule has 0 N–H and O–H groups in total. The molecule has 0 aromatic heterocycles. The minimum atomic E-state index is -5.81. The highest BCUT2D eigenvalue weighted by molar-refractivity contribution is 5.86. The molecule has 0 aliphatic rings. The zero-order valence-corrected chi connectivity index (χ0v) is 16.1. The molecule has 0 fully saturated rings. The zero-order chi connectivity index (χ0) is 22.5. The van der Waals surface area contributed by atoms with Crippen molar-refractivity contribution in [2.45, 2.75) is 32.4 Å². The van der Waals surface area contributed by atoms with E-state index < -0.39 is 31.3 Å². The molecule has 0 saturated carbocycles. The number of halogens is 5. The number of esters is 2. The van der Waals surface area contributed by atoms with E-state index in [1.165, 1.54) is 12.1 Å². The number of carbonyl (C=O) groups excluding carboxylic acids is 2. The molecule has 0 radical (unpaired) electrons. The molecule has 1 unspecified atom stereocenters. The van der Waals surface area contributed by atoms with Gasteiger partial charge in [0.1, 0.15) is 11.5 Å². The number of carbonyl (C=O) groups is 2. The molecule has 0 amide bonds. The summed E-state index contributed by atoms with van der Waals surface area (Å²) in [5.74, 6) is -6.58. The second-order valence-electron chi connectivity index (χ2n) is 6.55. The molecule has 0 aliphatic heterocycles. The number of benzene rings is 2. The average Bonchev–Trinajstić information content (AvgIpc) is 2.69. The Kier molecular flexibility index (Phi) is 7.22. The van der Waals surface area contributed by atoms with Gasteiger partial charge in [-0.2, -0.15) is 22.0 Å². The van der Waals surface area contributed by atoms with E-state index in [4.69, 9.17) is 9.47 Å². The molecule has 30 heavy (non-hydrogen) atoms. The lowest BCUT2D eigenvalue weighted by Gasteiger charge is -2.19. The predicted octanol–water partition coefficient (Wildman–Crippen LogP) is 4.91. The summed E-state index contributed by atoms with van der Waals surface area (Å²) >= 11 is 0. The van der Waals surface area contributed by atoms with E-state index in [1.807, 2.05) is 6.92 Å². The van der Waals surface area contributed by atoms with E-state index >= 15 is 0 Å². The monoisotopic (exact) mass is 434 g/mol. The van der Waals surface area contributed by atoms with Gasteiger partial charge in [-0.1, -0.05) is 26.0 Å². The quantitative estimate of drug-likeness (QED) is 0.336. The van der Waals surface area contributed by atoms with Gasteiger partial charge in [-0.15, -0.1) is 0 Å². The Labute approximate surface area is 168 Å². The van der Waals surface area contributed by atoms with E-state index in [0.29, 0.717) is 22.9 Å². The second kappa shape index (κ2) is 9.27. The molecule has 164 valence electrons. The van der Waals surface area contributed by atoms with E-state index in [9.17, 15) is 31.5 Å². The van der Waals surface area contributed by atoms with Crippen LogP contribution >= 0.6 is 0 Å². The zero-order valence-electron chi connectivity index (χ0n) is 16.1. The van der Waals surface area contributed by atoms with Crippen LogP contribution in [0.1, 0.15) is 20.3 Å². The van der Waals surface area contributed by atoms with Crippen LogP contribution in [0.5, 0.6) is 11.5 Å². The Hall–Kier alpha value is -2.91. The summed E-state index contributed by atoms with van der Waals surface area (Å²) in [7, 11) is 0. The van der Waals surface area contributed by atoms with Gasteiger partial charge in [-0.25, -0.2) is 4.79 Å². The number of hydrogen-bond acceptors (Lipinski definition) is 5. The van der Waals surface area contributed by atoms with Gasteiger partial charge in [0.15, 0.2) is 13.2 Å². The fraction of sp³-hybridized carbons (Fsp3) is 0.400. The fourth-order valence-electron chi connectivity index (χ4n) is 2.18. The molecule has 10 heteroatoms. The summed E-state index contributed by atoms with van der Waals surface area (Å²) < 4.78 is 75.9. The van der Waals surface area contributed by atoms with Crippen molar-refractivity contribution in [3.63, 3.8) is 0 Å². The topological polar surface area (TPSA) is 61.8 Å². The highest BCUT2D eigenvalue weighted by Gasteiger charge is 2.58. The molecule has 0 spiro atoms. The van der Waals surface area contributed by atoms with Gasteiger partial charge in [0, 0.05) is 0 Å². The molecule has 0 bridgehead atoms. The van der Waals surface area contributed by atoms with Crippen LogP contribution in [0.25, 0.3) is 10.8 Å². The van der Waals surface area contributed by atoms with E-state index in [-0.39, 0.29) is 17.6 Å². The fourth-order valence-corrected chi connectivity index (χ4v) is 2.18. The smallest absolute Gasteiger partial charge is 0.456 e. The molecule has 0 saturated heterocycles. The van der Waals surface area contributed by atoms with Crippen LogP contribution in [0.3, 0.4) is 0 Å². The minimum Gasteiger partial charge on any atom is -0.482 e. The minimum absolute atomic E-state index is 0.173. The van der Waals surface area contributed by atoms with Crippen molar-refractivity contribution in [2.24, 2.45) is 5.92 Å². The number of hydrogen-bond donors (Lipinski definition) is 0. The Morgan fingerprint density at radius 2 is 1.53 bits per heavy atom. The second-order valence-corrected chi connectivity index (χ2v) is 6.55. The number of ether oxygens (including phenoxy) is 3.